The Balaban J connectivity index is 2.38. The minimum atomic E-state index is 0.632. The number of furan rings is 1. The van der Waals surface area contributed by atoms with Crippen LogP contribution in [0.15, 0.2) is 21.4 Å². The maximum absolute atomic E-state index is 5.04. The lowest BCUT2D eigenvalue weighted by molar-refractivity contribution is 0.538. The summed E-state index contributed by atoms with van der Waals surface area (Å²) in [7, 11) is 1.78. The Kier molecular flexibility index (Phi) is 3.55. The molecule has 3 nitrogen and oxygen atoms in total. The minimum Gasteiger partial charge on any atom is -0.457 e. The molecule has 0 aliphatic heterocycles. The number of halogens is 1. The summed E-state index contributed by atoms with van der Waals surface area (Å²) in [6.45, 7) is 0.675. The molecule has 0 aromatic carbocycles. The van der Waals surface area contributed by atoms with Gasteiger partial charge in [0.05, 0.1) is 6.26 Å². The van der Waals surface area contributed by atoms with E-state index < -0.39 is 0 Å². The predicted molar refractivity (Wildman–Crippen MR) is 54.9 cm³/mol. The molecule has 1 rings (SSSR count). The Morgan fingerprint density at radius 1 is 1.75 bits per heavy atom. The highest BCUT2D eigenvalue weighted by Crippen LogP contribution is 2.13. The summed E-state index contributed by atoms with van der Waals surface area (Å²) in [5, 5.41) is 6.45. The summed E-state index contributed by atoms with van der Waals surface area (Å²) < 4.78 is 5.77. The summed E-state index contributed by atoms with van der Waals surface area (Å²) in [5.74, 6) is 0. The lowest BCUT2D eigenvalue weighted by Gasteiger charge is -2.03. The SMILES string of the molecule is CNC(=S)NCc1coc(Br)c1. The van der Waals surface area contributed by atoms with Crippen LogP contribution in [0.3, 0.4) is 0 Å². The van der Waals surface area contributed by atoms with Gasteiger partial charge in [-0.05, 0) is 34.2 Å². The Hall–Kier alpha value is -0.550. The lowest BCUT2D eigenvalue weighted by Crippen LogP contribution is -2.31. The smallest absolute Gasteiger partial charge is 0.169 e. The van der Waals surface area contributed by atoms with Crippen LogP contribution in [0.1, 0.15) is 5.56 Å². The van der Waals surface area contributed by atoms with E-state index in [0.29, 0.717) is 11.7 Å². The number of hydrogen-bond acceptors (Lipinski definition) is 2. The number of nitrogens with one attached hydrogen (secondary N) is 2. The maximum Gasteiger partial charge on any atom is 0.169 e. The molecule has 2 N–H and O–H groups in total. The number of thiocarbonyl (C=S) groups is 1. The largest absolute Gasteiger partial charge is 0.457 e. The van der Waals surface area contributed by atoms with E-state index >= 15 is 0 Å². The first-order chi connectivity index (χ1) is 5.72. The van der Waals surface area contributed by atoms with Crippen molar-refractivity contribution in [2.45, 2.75) is 6.54 Å². The van der Waals surface area contributed by atoms with Gasteiger partial charge >= 0.3 is 0 Å². The molecule has 0 bridgehead atoms. The van der Waals surface area contributed by atoms with Crippen molar-refractivity contribution in [3.05, 3.63) is 22.6 Å². The van der Waals surface area contributed by atoms with Gasteiger partial charge in [-0.25, -0.2) is 0 Å². The third-order valence-corrected chi connectivity index (χ3v) is 2.07. The fourth-order valence-corrected chi connectivity index (χ4v) is 1.17. The van der Waals surface area contributed by atoms with Gasteiger partial charge < -0.3 is 15.1 Å². The van der Waals surface area contributed by atoms with E-state index in [9.17, 15) is 0 Å². The Labute approximate surface area is 84.6 Å². The first-order valence-corrected chi connectivity index (χ1v) is 4.61. The van der Waals surface area contributed by atoms with Crippen LogP contribution in [0, 0.1) is 0 Å². The summed E-state index contributed by atoms with van der Waals surface area (Å²) in [5.41, 5.74) is 1.06. The Morgan fingerprint density at radius 3 is 3.00 bits per heavy atom. The second kappa shape index (κ2) is 4.47. The Bertz CT molecular complexity index is 274. The molecule has 0 fully saturated rings. The van der Waals surface area contributed by atoms with E-state index in [1.165, 1.54) is 0 Å². The average Bonchev–Trinajstić information content (AvgIpc) is 2.47. The molecule has 0 atom stereocenters. The molecule has 0 spiro atoms. The zero-order valence-electron chi connectivity index (χ0n) is 6.56. The van der Waals surface area contributed by atoms with E-state index in [4.69, 9.17) is 16.6 Å². The standard InChI is InChI=1S/C7H9BrN2OS/c1-9-7(12)10-3-5-2-6(8)11-4-5/h2,4H,3H2,1H3,(H2,9,10,12). The highest BCUT2D eigenvalue weighted by Gasteiger charge is 1.98. The summed E-state index contributed by atoms with van der Waals surface area (Å²) >= 11 is 8.11. The number of rotatable bonds is 2. The first kappa shape index (κ1) is 9.54. The van der Waals surface area contributed by atoms with Gasteiger partial charge in [-0.2, -0.15) is 0 Å². The molecule has 0 unspecified atom stereocenters. The molecule has 0 aliphatic rings. The minimum absolute atomic E-state index is 0.632. The molecule has 0 aliphatic carbocycles. The van der Waals surface area contributed by atoms with Gasteiger partial charge in [-0.3, -0.25) is 0 Å². The van der Waals surface area contributed by atoms with Crippen LogP contribution in [-0.2, 0) is 6.54 Å². The molecule has 1 aromatic heterocycles. The molecular weight excluding hydrogens is 240 g/mol. The average molecular weight is 249 g/mol. The van der Waals surface area contributed by atoms with Crippen molar-refractivity contribution in [1.82, 2.24) is 10.6 Å². The second-order valence-corrected chi connectivity index (χ2v) is 3.38. The van der Waals surface area contributed by atoms with Crippen molar-refractivity contribution >= 4 is 33.3 Å². The highest BCUT2D eigenvalue weighted by molar-refractivity contribution is 9.10. The normalized spacial score (nSPS) is 9.50. The maximum atomic E-state index is 5.04. The first-order valence-electron chi connectivity index (χ1n) is 3.41. The lowest BCUT2D eigenvalue weighted by atomic mass is 10.3. The quantitative estimate of drug-likeness (QED) is 0.781. The fourth-order valence-electron chi connectivity index (χ4n) is 0.709. The van der Waals surface area contributed by atoms with Crippen molar-refractivity contribution in [2.75, 3.05) is 7.05 Å². The second-order valence-electron chi connectivity index (χ2n) is 2.19. The molecule has 0 amide bonds. The number of hydrogen-bond donors (Lipinski definition) is 2. The predicted octanol–water partition coefficient (Wildman–Crippen LogP) is 1.64. The van der Waals surface area contributed by atoms with Crippen LogP contribution < -0.4 is 10.6 Å². The molecule has 1 aromatic rings. The third kappa shape index (κ3) is 2.83. The molecular formula is C7H9BrN2OS. The van der Waals surface area contributed by atoms with Gasteiger partial charge in [-0.1, -0.05) is 0 Å². The summed E-state index contributed by atoms with van der Waals surface area (Å²) in [6, 6.07) is 1.89. The summed E-state index contributed by atoms with van der Waals surface area (Å²) in [6.07, 6.45) is 1.68. The van der Waals surface area contributed by atoms with Gasteiger partial charge in [0, 0.05) is 19.2 Å². The molecule has 66 valence electrons. The van der Waals surface area contributed by atoms with E-state index in [2.05, 4.69) is 26.6 Å². The van der Waals surface area contributed by atoms with Crippen molar-refractivity contribution < 1.29 is 4.42 Å². The van der Waals surface area contributed by atoms with Gasteiger partial charge in [0.2, 0.25) is 0 Å². The van der Waals surface area contributed by atoms with Crippen LogP contribution >= 0.6 is 28.1 Å². The molecule has 0 saturated heterocycles. The van der Waals surface area contributed by atoms with Crippen molar-refractivity contribution in [3.8, 4) is 0 Å². The van der Waals surface area contributed by atoms with Crippen LogP contribution in [0.5, 0.6) is 0 Å². The molecule has 5 heteroatoms. The third-order valence-electron chi connectivity index (χ3n) is 1.30. The van der Waals surface area contributed by atoms with Gasteiger partial charge in [-0.15, -0.1) is 0 Å². The van der Waals surface area contributed by atoms with Gasteiger partial charge in [0.15, 0.2) is 9.78 Å². The van der Waals surface area contributed by atoms with Crippen LogP contribution in [0.2, 0.25) is 0 Å². The monoisotopic (exact) mass is 248 g/mol. The van der Waals surface area contributed by atoms with Crippen LogP contribution in [0.4, 0.5) is 0 Å². The molecule has 1 heterocycles. The fraction of sp³-hybridized carbons (Fsp3) is 0.286. The van der Waals surface area contributed by atoms with Crippen molar-refractivity contribution in [3.63, 3.8) is 0 Å². The topological polar surface area (TPSA) is 37.2 Å². The van der Waals surface area contributed by atoms with E-state index in [1.54, 1.807) is 13.3 Å². The van der Waals surface area contributed by atoms with E-state index in [-0.39, 0.29) is 0 Å². The van der Waals surface area contributed by atoms with Crippen LogP contribution in [0.25, 0.3) is 0 Å². The summed E-state index contributed by atoms with van der Waals surface area (Å²) in [4.78, 5) is 0. The molecule has 0 saturated carbocycles. The van der Waals surface area contributed by atoms with Crippen molar-refractivity contribution in [2.24, 2.45) is 0 Å². The van der Waals surface area contributed by atoms with E-state index in [1.807, 2.05) is 6.07 Å². The van der Waals surface area contributed by atoms with Gasteiger partial charge in [0.25, 0.3) is 0 Å². The van der Waals surface area contributed by atoms with Crippen molar-refractivity contribution in [1.29, 1.82) is 0 Å². The highest BCUT2D eigenvalue weighted by atomic mass is 79.9. The Morgan fingerprint density at radius 2 is 2.50 bits per heavy atom. The van der Waals surface area contributed by atoms with Crippen LogP contribution in [-0.4, -0.2) is 12.2 Å². The molecule has 0 radical (unpaired) electrons. The molecule has 12 heavy (non-hydrogen) atoms. The zero-order chi connectivity index (χ0) is 8.97. The zero-order valence-corrected chi connectivity index (χ0v) is 8.96. The van der Waals surface area contributed by atoms with E-state index in [0.717, 1.165) is 10.2 Å². The van der Waals surface area contributed by atoms with Gasteiger partial charge in [0.1, 0.15) is 0 Å².